The number of H-pyrrole nitrogens is 1. The minimum absolute atomic E-state index is 0.0914. The number of carbonyl (C=O) groups excluding carboxylic acids is 1. The Morgan fingerprint density at radius 3 is 2.94 bits per heavy atom. The SMILES string of the molecule is [B]C(=O)c1ccc2c3c(c(=O)[nH]c2c1)CCCN3. The van der Waals surface area contributed by atoms with Crippen molar-refractivity contribution in [2.24, 2.45) is 0 Å². The molecule has 1 aliphatic heterocycles. The van der Waals surface area contributed by atoms with Crippen molar-refractivity contribution in [1.82, 2.24) is 4.98 Å². The van der Waals surface area contributed by atoms with E-state index in [1.807, 2.05) is 6.07 Å². The number of nitrogens with one attached hydrogen (secondary N) is 2. The summed E-state index contributed by atoms with van der Waals surface area (Å²) >= 11 is 0. The van der Waals surface area contributed by atoms with Crippen LogP contribution in [0.1, 0.15) is 22.3 Å². The van der Waals surface area contributed by atoms with Crippen molar-refractivity contribution < 1.29 is 4.79 Å². The molecule has 0 fully saturated rings. The van der Waals surface area contributed by atoms with Crippen LogP contribution in [0.2, 0.25) is 0 Å². The number of benzene rings is 1. The maximum Gasteiger partial charge on any atom is 0.253 e. The molecule has 0 aliphatic carbocycles. The topological polar surface area (TPSA) is 62.0 Å². The lowest BCUT2D eigenvalue weighted by Crippen LogP contribution is -2.22. The first kappa shape index (κ1) is 11.1. The van der Waals surface area contributed by atoms with Crippen molar-refractivity contribution in [1.29, 1.82) is 0 Å². The van der Waals surface area contributed by atoms with Gasteiger partial charge in [-0.15, -0.1) is 0 Å². The van der Waals surface area contributed by atoms with Crippen molar-refractivity contribution >= 4 is 30.1 Å². The number of hydrogen-bond acceptors (Lipinski definition) is 3. The smallest absolute Gasteiger partial charge is 0.253 e. The molecule has 2 aromatic rings. The summed E-state index contributed by atoms with van der Waals surface area (Å²) in [6.45, 7) is 0.864. The maximum absolute atomic E-state index is 11.9. The Labute approximate surface area is 105 Å². The molecular formula is C13H11BN2O2. The zero-order valence-corrected chi connectivity index (χ0v) is 9.75. The van der Waals surface area contributed by atoms with Gasteiger partial charge in [-0.2, -0.15) is 0 Å². The van der Waals surface area contributed by atoms with Crippen molar-refractivity contribution in [2.45, 2.75) is 12.8 Å². The summed E-state index contributed by atoms with van der Waals surface area (Å²) in [6.07, 6.45) is 1.74. The van der Waals surface area contributed by atoms with Crippen molar-refractivity contribution in [3.8, 4) is 0 Å². The highest BCUT2D eigenvalue weighted by molar-refractivity contribution is 6.62. The van der Waals surface area contributed by atoms with Crippen molar-refractivity contribution in [3.05, 3.63) is 39.7 Å². The molecule has 1 aromatic carbocycles. The summed E-state index contributed by atoms with van der Waals surface area (Å²) in [5, 5.41) is 4.18. The van der Waals surface area contributed by atoms with Crippen LogP contribution in [0.3, 0.4) is 0 Å². The van der Waals surface area contributed by atoms with E-state index in [0.29, 0.717) is 11.1 Å². The lowest BCUT2D eigenvalue weighted by Gasteiger charge is -2.19. The van der Waals surface area contributed by atoms with E-state index in [4.69, 9.17) is 7.85 Å². The molecule has 2 heterocycles. The molecule has 0 bridgehead atoms. The molecule has 18 heavy (non-hydrogen) atoms. The van der Waals surface area contributed by atoms with Gasteiger partial charge in [-0.1, -0.05) is 12.1 Å². The normalized spacial score (nSPS) is 14.0. The Morgan fingerprint density at radius 1 is 1.33 bits per heavy atom. The highest BCUT2D eigenvalue weighted by Crippen LogP contribution is 2.27. The van der Waals surface area contributed by atoms with Crippen LogP contribution in [0.4, 0.5) is 5.69 Å². The number of pyridine rings is 1. The molecule has 5 heteroatoms. The first-order valence-electron chi connectivity index (χ1n) is 5.89. The van der Waals surface area contributed by atoms with E-state index < -0.39 is 5.68 Å². The molecule has 0 atom stereocenters. The minimum atomic E-state index is -0.497. The summed E-state index contributed by atoms with van der Waals surface area (Å²) in [4.78, 5) is 25.9. The molecule has 88 valence electrons. The fourth-order valence-corrected chi connectivity index (χ4v) is 2.41. The standard InChI is InChI=1S/C13H11BN2O2/c14-12(17)7-3-4-8-10(6-7)16-13(18)9-2-1-5-15-11(8)9/h3-4,6,15H,1-2,5H2,(H,16,18). The Bertz CT molecular complexity index is 706. The van der Waals surface area contributed by atoms with E-state index in [-0.39, 0.29) is 5.56 Å². The monoisotopic (exact) mass is 238 g/mol. The molecule has 0 unspecified atom stereocenters. The summed E-state index contributed by atoms with van der Waals surface area (Å²) in [5.74, 6) is 0. The van der Waals surface area contributed by atoms with Gasteiger partial charge in [0.15, 0.2) is 7.85 Å². The summed E-state index contributed by atoms with van der Waals surface area (Å²) < 4.78 is 0. The van der Waals surface area contributed by atoms with Gasteiger partial charge in [-0.25, -0.2) is 0 Å². The zero-order chi connectivity index (χ0) is 12.7. The van der Waals surface area contributed by atoms with Gasteiger partial charge in [0.25, 0.3) is 5.56 Å². The van der Waals surface area contributed by atoms with Gasteiger partial charge >= 0.3 is 0 Å². The molecule has 0 saturated heterocycles. The molecule has 2 radical (unpaired) electrons. The quantitative estimate of drug-likeness (QED) is 0.733. The van der Waals surface area contributed by atoms with E-state index in [9.17, 15) is 9.59 Å². The number of hydrogen-bond donors (Lipinski definition) is 2. The predicted molar refractivity (Wildman–Crippen MR) is 71.5 cm³/mol. The lowest BCUT2D eigenvalue weighted by molar-refractivity contribution is 0.108. The van der Waals surface area contributed by atoms with E-state index in [0.717, 1.165) is 36.0 Å². The fourth-order valence-electron chi connectivity index (χ4n) is 2.41. The van der Waals surface area contributed by atoms with Crippen LogP contribution in [-0.4, -0.2) is 25.1 Å². The first-order valence-corrected chi connectivity index (χ1v) is 5.89. The maximum atomic E-state index is 11.9. The average molecular weight is 238 g/mol. The highest BCUT2D eigenvalue weighted by Gasteiger charge is 2.16. The molecule has 2 N–H and O–H groups in total. The van der Waals surface area contributed by atoms with E-state index >= 15 is 0 Å². The van der Waals surface area contributed by atoms with Crippen molar-refractivity contribution in [3.63, 3.8) is 0 Å². The van der Waals surface area contributed by atoms with Crippen LogP contribution < -0.4 is 10.9 Å². The van der Waals surface area contributed by atoms with Crippen molar-refractivity contribution in [2.75, 3.05) is 11.9 Å². The number of carbonyl (C=O) groups is 1. The second-order valence-electron chi connectivity index (χ2n) is 4.46. The van der Waals surface area contributed by atoms with E-state index in [1.165, 1.54) is 0 Å². The first-order chi connectivity index (χ1) is 8.66. The zero-order valence-electron chi connectivity index (χ0n) is 9.75. The van der Waals surface area contributed by atoms with Gasteiger partial charge in [-0.05, 0) is 18.9 Å². The molecule has 0 amide bonds. The van der Waals surface area contributed by atoms with Gasteiger partial charge in [0.05, 0.1) is 11.2 Å². The molecule has 1 aliphatic rings. The van der Waals surface area contributed by atoms with Crippen LogP contribution >= 0.6 is 0 Å². The third-order valence-corrected chi connectivity index (χ3v) is 3.30. The van der Waals surface area contributed by atoms with E-state index in [2.05, 4.69) is 10.3 Å². The molecule has 3 rings (SSSR count). The number of aromatic nitrogens is 1. The Kier molecular flexibility index (Phi) is 2.47. The summed E-state index contributed by atoms with van der Waals surface area (Å²) in [7, 11) is 5.23. The Hall–Kier alpha value is -2.04. The summed E-state index contributed by atoms with van der Waals surface area (Å²) in [6, 6.07) is 5.12. The van der Waals surface area contributed by atoms with Gasteiger partial charge in [0.1, 0.15) is 5.68 Å². The molecule has 0 saturated carbocycles. The van der Waals surface area contributed by atoms with Crippen LogP contribution in [0, 0.1) is 0 Å². The van der Waals surface area contributed by atoms with Crippen LogP contribution in [0.25, 0.3) is 10.9 Å². The molecule has 4 nitrogen and oxygen atoms in total. The van der Waals surface area contributed by atoms with Gasteiger partial charge in [-0.3, -0.25) is 4.79 Å². The molecule has 0 spiro atoms. The third-order valence-electron chi connectivity index (χ3n) is 3.30. The van der Waals surface area contributed by atoms with Gasteiger partial charge in [0, 0.05) is 23.1 Å². The second-order valence-corrected chi connectivity index (χ2v) is 4.46. The average Bonchev–Trinajstić information content (AvgIpc) is 2.38. The van der Waals surface area contributed by atoms with Gasteiger partial charge in [0.2, 0.25) is 0 Å². The minimum Gasteiger partial charge on any atom is -0.384 e. The van der Waals surface area contributed by atoms with Crippen LogP contribution in [0.5, 0.6) is 0 Å². The summed E-state index contributed by atoms with van der Waals surface area (Å²) in [5.41, 5.74) is 2.13. The second kappa shape index (κ2) is 4.01. The largest absolute Gasteiger partial charge is 0.384 e. The Morgan fingerprint density at radius 2 is 2.17 bits per heavy atom. The predicted octanol–water partition coefficient (Wildman–Crippen LogP) is 1.19. The van der Waals surface area contributed by atoms with Crippen LogP contribution in [0.15, 0.2) is 23.0 Å². The number of rotatable bonds is 1. The van der Waals surface area contributed by atoms with E-state index in [1.54, 1.807) is 12.1 Å². The number of anilines is 1. The van der Waals surface area contributed by atoms with Gasteiger partial charge < -0.3 is 15.1 Å². The molecular weight excluding hydrogens is 227 g/mol. The molecule has 1 aromatic heterocycles. The number of fused-ring (bicyclic) bond motifs is 3. The lowest BCUT2D eigenvalue weighted by atomic mass is 9.93. The highest BCUT2D eigenvalue weighted by atomic mass is 16.1. The Balaban J connectivity index is 2.33. The van der Waals surface area contributed by atoms with Crippen LogP contribution in [-0.2, 0) is 6.42 Å². The fraction of sp³-hybridized carbons (Fsp3) is 0.231. The number of aromatic amines is 1. The third kappa shape index (κ3) is 1.63.